The van der Waals surface area contributed by atoms with Crippen LogP contribution in [0.25, 0.3) is 0 Å². The molecule has 9 N–H and O–H groups in total. The van der Waals surface area contributed by atoms with Crippen LogP contribution in [-0.4, -0.2) is 75.7 Å². The molecule has 30 heavy (non-hydrogen) atoms. The molecule has 0 radical (unpaired) electrons. The lowest BCUT2D eigenvalue weighted by atomic mass is 10.0. The van der Waals surface area contributed by atoms with Crippen molar-refractivity contribution in [3.05, 3.63) is 0 Å². The molecule has 0 saturated carbocycles. The summed E-state index contributed by atoms with van der Waals surface area (Å²) in [5, 5.41) is 24.4. The number of amides is 4. The van der Waals surface area contributed by atoms with Gasteiger partial charge in [-0.15, -0.1) is 0 Å². The number of rotatable bonds is 13. The molecule has 0 heterocycles. The number of thiol groups is 1. The molecule has 14 heteroatoms. The number of carbonyl (C=O) groups excluding carboxylic acids is 4. The molecule has 0 aliphatic heterocycles. The molecule has 0 saturated heterocycles. The van der Waals surface area contributed by atoms with E-state index in [2.05, 4.69) is 28.6 Å². The van der Waals surface area contributed by atoms with E-state index in [1.807, 2.05) is 0 Å². The molecular formula is C16H27N5O8S. The SMILES string of the molecule is CC(C)C(NC(=O)C(CS)NC(=O)C(CC(N)=O)NC(=O)C(N)CC(=O)O)C(=O)O. The quantitative estimate of drug-likeness (QED) is 0.132. The first kappa shape index (κ1) is 27.1. The minimum atomic E-state index is -1.54. The fraction of sp³-hybridized carbons (Fsp3) is 0.625. The lowest BCUT2D eigenvalue weighted by Crippen LogP contribution is -2.58. The van der Waals surface area contributed by atoms with Crippen molar-refractivity contribution >= 4 is 48.2 Å². The number of nitrogens with one attached hydrogen (secondary N) is 3. The van der Waals surface area contributed by atoms with E-state index in [0.29, 0.717) is 0 Å². The molecule has 0 aliphatic carbocycles. The Morgan fingerprint density at radius 1 is 0.867 bits per heavy atom. The highest BCUT2D eigenvalue weighted by molar-refractivity contribution is 7.80. The first-order chi connectivity index (χ1) is 13.8. The number of carboxylic acid groups (broad SMARTS) is 2. The third kappa shape index (κ3) is 9.56. The molecule has 0 fully saturated rings. The molecule has 4 amide bonds. The van der Waals surface area contributed by atoms with E-state index >= 15 is 0 Å². The molecule has 0 spiro atoms. The van der Waals surface area contributed by atoms with Gasteiger partial charge in [0, 0.05) is 5.75 Å². The molecule has 0 aromatic heterocycles. The largest absolute Gasteiger partial charge is 0.481 e. The van der Waals surface area contributed by atoms with Crippen LogP contribution in [0.1, 0.15) is 26.7 Å². The minimum Gasteiger partial charge on any atom is -0.481 e. The van der Waals surface area contributed by atoms with Gasteiger partial charge < -0.3 is 37.6 Å². The summed E-state index contributed by atoms with van der Waals surface area (Å²) >= 11 is 3.95. The van der Waals surface area contributed by atoms with Crippen molar-refractivity contribution in [3.8, 4) is 0 Å². The summed E-state index contributed by atoms with van der Waals surface area (Å²) in [6.45, 7) is 3.15. The van der Waals surface area contributed by atoms with Crippen molar-refractivity contribution in [3.63, 3.8) is 0 Å². The molecule has 0 aromatic rings. The minimum absolute atomic E-state index is 0.224. The normalized spacial score (nSPS) is 14.7. The van der Waals surface area contributed by atoms with Crippen LogP contribution in [-0.2, 0) is 28.8 Å². The van der Waals surface area contributed by atoms with Gasteiger partial charge in [-0.05, 0) is 5.92 Å². The monoisotopic (exact) mass is 449 g/mol. The second-order valence-electron chi connectivity index (χ2n) is 6.75. The number of carbonyl (C=O) groups is 6. The average molecular weight is 449 g/mol. The van der Waals surface area contributed by atoms with Crippen LogP contribution in [0.4, 0.5) is 0 Å². The highest BCUT2D eigenvalue weighted by Crippen LogP contribution is 2.04. The molecule has 4 unspecified atom stereocenters. The van der Waals surface area contributed by atoms with Gasteiger partial charge in [0.1, 0.15) is 18.1 Å². The summed E-state index contributed by atoms with van der Waals surface area (Å²) in [6, 6.07) is -5.53. The van der Waals surface area contributed by atoms with Crippen LogP contribution < -0.4 is 27.4 Å². The Hall–Kier alpha value is -2.87. The second-order valence-corrected chi connectivity index (χ2v) is 7.11. The van der Waals surface area contributed by atoms with Gasteiger partial charge in [0.2, 0.25) is 23.6 Å². The summed E-state index contributed by atoms with van der Waals surface area (Å²) in [5.41, 5.74) is 10.5. The van der Waals surface area contributed by atoms with E-state index in [9.17, 15) is 28.8 Å². The van der Waals surface area contributed by atoms with Crippen LogP contribution in [0.2, 0.25) is 0 Å². The van der Waals surface area contributed by atoms with Gasteiger partial charge >= 0.3 is 11.9 Å². The third-order valence-electron chi connectivity index (χ3n) is 3.82. The molecular weight excluding hydrogens is 422 g/mol. The average Bonchev–Trinajstić information content (AvgIpc) is 2.61. The molecule has 0 aromatic carbocycles. The van der Waals surface area contributed by atoms with Crippen LogP contribution in [0, 0.1) is 5.92 Å². The van der Waals surface area contributed by atoms with Crippen molar-refractivity contribution in [2.75, 3.05) is 5.75 Å². The highest BCUT2D eigenvalue weighted by Gasteiger charge is 2.31. The second kappa shape index (κ2) is 12.6. The van der Waals surface area contributed by atoms with Gasteiger partial charge in [-0.3, -0.25) is 24.0 Å². The van der Waals surface area contributed by atoms with E-state index in [1.54, 1.807) is 13.8 Å². The number of aliphatic carboxylic acids is 2. The lowest BCUT2D eigenvalue weighted by Gasteiger charge is -2.24. The standard InChI is InChI=1S/C16H27N5O8S/c1-6(2)12(16(28)29)21-15(27)9(5-30)20-14(26)8(4-10(18)22)19-13(25)7(17)3-11(23)24/h6-9,12,30H,3-5,17H2,1-2H3,(H2,18,22)(H,19,25)(H,20,26)(H,21,27)(H,23,24)(H,28,29). The third-order valence-corrected chi connectivity index (χ3v) is 4.18. The molecule has 0 bridgehead atoms. The predicted octanol–water partition coefficient (Wildman–Crippen LogP) is -3.21. The summed E-state index contributed by atoms with van der Waals surface area (Å²) in [7, 11) is 0. The molecule has 0 rings (SSSR count). The maximum absolute atomic E-state index is 12.5. The smallest absolute Gasteiger partial charge is 0.326 e. The Bertz CT molecular complexity index is 687. The Labute approximate surface area is 177 Å². The Kier molecular flexibility index (Phi) is 11.4. The van der Waals surface area contributed by atoms with E-state index in [1.165, 1.54) is 0 Å². The van der Waals surface area contributed by atoms with E-state index in [-0.39, 0.29) is 5.75 Å². The van der Waals surface area contributed by atoms with Crippen LogP contribution in [0.5, 0.6) is 0 Å². The van der Waals surface area contributed by atoms with Crippen LogP contribution in [0.3, 0.4) is 0 Å². The van der Waals surface area contributed by atoms with E-state index < -0.39 is 78.5 Å². The van der Waals surface area contributed by atoms with Crippen molar-refractivity contribution in [2.24, 2.45) is 17.4 Å². The molecule has 13 nitrogen and oxygen atoms in total. The number of hydrogen-bond acceptors (Lipinski definition) is 8. The summed E-state index contributed by atoms with van der Waals surface area (Å²) < 4.78 is 0. The van der Waals surface area contributed by atoms with Crippen LogP contribution >= 0.6 is 12.6 Å². The van der Waals surface area contributed by atoms with Crippen molar-refractivity contribution in [1.82, 2.24) is 16.0 Å². The first-order valence-corrected chi connectivity index (χ1v) is 9.43. The fourth-order valence-corrected chi connectivity index (χ4v) is 2.46. The Morgan fingerprint density at radius 3 is 1.77 bits per heavy atom. The summed E-state index contributed by atoms with van der Waals surface area (Å²) in [4.78, 5) is 69.9. The number of carboxylic acids is 2. The zero-order valence-electron chi connectivity index (χ0n) is 16.5. The van der Waals surface area contributed by atoms with Crippen molar-refractivity contribution < 1.29 is 39.0 Å². The lowest BCUT2D eigenvalue weighted by molar-refractivity contribution is -0.143. The number of hydrogen-bond donors (Lipinski definition) is 8. The number of nitrogens with two attached hydrogens (primary N) is 2. The number of primary amides is 1. The fourth-order valence-electron chi connectivity index (χ4n) is 2.20. The highest BCUT2D eigenvalue weighted by atomic mass is 32.1. The van der Waals surface area contributed by atoms with E-state index in [4.69, 9.17) is 21.7 Å². The maximum Gasteiger partial charge on any atom is 0.326 e. The Morgan fingerprint density at radius 2 is 1.37 bits per heavy atom. The van der Waals surface area contributed by atoms with Gasteiger partial charge in [-0.1, -0.05) is 13.8 Å². The summed E-state index contributed by atoms with van der Waals surface area (Å²) in [5.74, 6) is -7.09. The van der Waals surface area contributed by atoms with Gasteiger partial charge in [0.25, 0.3) is 0 Å². The maximum atomic E-state index is 12.5. The van der Waals surface area contributed by atoms with Crippen LogP contribution in [0.15, 0.2) is 0 Å². The van der Waals surface area contributed by atoms with Crippen molar-refractivity contribution in [1.29, 1.82) is 0 Å². The molecule has 4 atom stereocenters. The molecule has 170 valence electrons. The zero-order chi connectivity index (χ0) is 23.6. The topological polar surface area (TPSA) is 231 Å². The predicted molar refractivity (Wildman–Crippen MR) is 106 cm³/mol. The first-order valence-electron chi connectivity index (χ1n) is 8.80. The Balaban J connectivity index is 5.27. The van der Waals surface area contributed by atoms with Gasteiger partial charge in [-0.2, -0.15) is 12.6 Å². The van der Waals surface area contributed by atoms with Gasteiger partial charge in [0.05, 0.1) is 18.9 Å². The van der Waals surface area contributed by atoms with Gasteiger partial charge in [0.15, 0.2) is 0 Å². The summed E-state index contributed by atoms with van der Waals surface area (Å²) in [6.07, 6.45) is -1.37. The van der Waals surface area contributed by atoms with Gasteiger partial charge in [-0.25, -0.2) is 4.79 Å². The zero-order valence-corrected chi connectivity index (χ0v) is 17.3. The van der Waals surface area contributed by atoms with Crippen molar-refractivity contribution in [2.45, 2.75) is 50.9 Å². The van der Waals surface area contributed by atoms with E-state index in [0.717, 1.165) is 0 Å². The molecule has 0 aliphatic rings.